The van der Waals surface area contributed by atoms with Gasteiger partial charge in [-0.15, -0.1) is 0 Å². The molecule has 0 unspecified atom stereocenters. The van der Waals surface area contributed by atoms with Gasteiger partial charge in [-0.2, -0.15) is 5.10 Å². The SMILES string of the molecule is COc1ccc(CNC(=O)Cn2nc(-c3cccnc3)ccc2=O)cc1. The molecule has 2 aromatic heterocycles. The van der Waals surface area contributed by atoms with E-state index in [9.17, 15) is 9.59 Å². The fourth-order valence-corrected chi connectivity index (χ4v) is 2.37. The normalized spacial score (nSPS) is 10.3. The van der Waals surface area contributed by atoms with E-state index in [0.29, 0.717) is 12.2 Å². The van der Waals surface area contributed by atoms with Crippen LogP contribution in [-0.4, -0.2) is 27.8 Å². The lowest BCUT2D eigenvalue weighted by Crippen LogP contribution is -2.33. The van der Waals surface area contributed by atoms with Crippen LogP contribution in [-0.2, 0) is 17.9 Å². The fourth-order valence-electron chi connectivity index (χ4n) is 2.37. The van der Waals surface area contributed by atoms with Crippen LogP contribution in [0.3, 0.4) is 0 Å². The van der Waals surface area contributed by atoms with Gasteiger partial charge >= 0.3 is 0 Å². The van der Waals surface area contributed by atoms with Crippen LogP contribution in [0.5, 0.6) is 5.75 Å². The monoisotopic (exact) mass is 350 g/mol. The van der Waals surface area contributed by atoms with Crippen molar-refractivity contribution in [3.63, 3.8) is 0 Å². The van der Waals surface area contributed by atoms with E-state index in [2.05, 4.69) is 15.4 Å². The summed E-state index contributed by atoms with van der Waals surface area (Å²) in [6, 6.07) is 14.0. The lowest BCUT2D eigenvalue weighted by Gasteiger charge is -2.09. The molecule has 0 aliphatic heterocycles. The molecule has 1 aromatic carbocycles. The number of hydrogen-bond acceptors (Lipinski definition) is 5. The zero-order valence-electron chi connectivity index (χ0n) is 14.3. The van der Waals surface area contributed by atoms with Crippen LogP contribution in [0, 0.1) is 0 Å². The van der Waals surface area contributed by atoms with Crippen molar-refractivity contribution in [3.05, 3.63) is 76.8 Å². The molecule has 0 fully saturated rings. The Hall–Kier alpha value is -3.48. The van der Waals surface area contributed by atoms with Crippen molar-refractivity contribution in [1.29, 1.82) is 0 Å². The second kappa shape index (κ2) is 8.06. The Bertz CT molecular complexity index is 937. The molecule has 1 amide bonds. The minimum absolute atomic E-state index is 0.150. The van der Waals surface area contributed by atoms with Crippen LogP contribution in [0.25, 0.3) is 11.3 Å². The number of benzene rings is 1. The van der Waals surface area contributed by atoms with Crippen molar-refractivity contribution < 1.29 is 9.53 Å². The standard InChI is InChI=1S/C19H18N4O3/c1-26-16-6-4-14(5-7-16)11-21-18(24)13-23-19(25)9-8-17(22-23)15-3-2-10-20-12-15/h2-10,12H,11,13H2,1H3,(H,21,24). The first-order valence-electron chi connectivity index (χ1n) is 8.04. The van der Waals surface area contributed by atoms with Crippen molar-refractivity contribution in [3.8, 4) is 17.0 Å². The number of nitrogens with one attached hydrogen (secondary N) is 1. The van der Waals surface area contributed by atoms with Gasteiger partial charge in [-0.05, 0) is 35.9 Å². The molecule has 3 rings (SSSR count). The lowest BCUT2D eigenvalue weighted by atomic mass is 10.2. The van der Waals surface area contributed by atoms with Crippen molar-refractivity contribution in [2.45, 2.75) is 13.1 Å². The first-order valence-corrected chi connectivity index (χ1v) is 8.04. The Morgan fingerprint density at radius 1 is 1.15 bits per heavy atom. The highest BCUT2D eigenvalue weighted by atomic mass is 16.5. The first-order chi connectivity index (χ1) is 12.7. The largest absolute Gasteiger partial charge is 0.497 e. The molecule has 7 heteroatoms. The van der Waals surface area contributed by atoms with E-state index < -0.39 is 0 Å². The Morgan fingerprint density at radius 3 is 2.65 bits per heavy atom. The molecule has 0 atom stereocenters. The number of nitrogens with zero attached hydrogens (tertiary/aromatic N) is 3. The zero-order chi connectivity index (χ0) is 18.4. The summed E-state index contributed by atoms with van der Waals surface area (Å²) in [5.41, 5.74) is 1.96. The van der Waals surface area contributed by atoms with E-state index >= 15 is 0 Å². The molecule has 0 bridgehead atoms. The van der Waals surface area contributed by atoms with Gasteiger partial charge in [-0.25, -0.2) is 4.68 Å². The summed E-state index contributed by atoms with van der Waals surface area (Å²) in [5, 5.41) is 7.03. The molecule has 0 saturated heterocycles. The number of methoxy groups -OCH3 is 1. The molecule has 2 heterocycles. The Morgan fingerprint density at radius 2 is 1.96 bits per heavy atom. The van der Waals surface area contributed by atoms with Crippen LogP contribution in [0.4, 0.5) is 0 Å². The van der Waals surface area contributed by atoms with Gasteiger partial charge in [-0.3, -0.25) is 14.6 Å². The summed E-state index contributed by atoms with van der Waals surface area (Å²) in [4.78, 5) is 28.2. The molecule has 3 aromatic rings. The predicted molar refractivity (Wildman–Crippen MR) is 96.6 cm³/mol. The van der Waals surface area contributed by atoms with Crippen molar-refractivity contribution in [2.75, 3.05) is 7.11 Å². The average Bonchev–Trinajstić information content (AvgIpc) is 2.69. The van der Waals surface area contributed by atoms with Crippen LogP contribution in [0.15, 0.2) is 65.7 Å². The van der Waals surface area contributed by atoms with Gasteiger partial charge in [0.1, 0.15) is 12.3 Å². The van der Waals surface area contributed by atoms with E-state index in [0.717, 1.165) is 21.6 Å². The number of pyridine rings is 1. The van der Waals surface area contributed by atoms with Gasteiger partial charge in [0.2, 0.25) is 5.91 Å². The summed E-state index contributed by atoms with van der Waals surface area (Å²) in [7, 11) is 1.60. The summed E-state index contributed by atoms with van der Waals surface area (Å²) >= 11 is 0. The van der Waals surface area contributed by atoms with Crippen molar-refractivity contribution in [1.82, 2.24) is 20.1 Å². The Labute approximate surface area is 150 Å². The van der Waals surface area contributed by atoms with Crippen molar-refractivity contribution in [2.24, 2.45) is 0 Å². The molecular formula is C19H18N4O3. The lowest BCUT2D eigenvalue weighted by molar-refractivity contribution is -0.122. The number of amides is 1. The minimum Gasteiger partial charge on any atom is -0.497 e. The van der Waals surface area contributed by atoms with Gasteiger partial charge in [0.25, 0.3) is 5.56 Å². The van der Waals surface area contributed by atoms with Crippen molar-refractivity contribution >= 4 is 5.91 Å². The van der Waals surface area contributed by atoms with Crippen LogP contribution < -0.4 is 15.6 Å². The third kappa shape index (κ3) is 4.32. The number of ether oxygens (including phenoxy) is 1. The average molecular weight is 350 g/mol. The molecule has 7 nitrogen and oxygen atoms in total. The zero-order valence-corrected chi connectivity index (χ0v) is 14.3. The van der Waals surface area contributed by atoms with E-state index in [4.69, 9.17) is 4.74 Å². The van der Waals surface area contributed by atoms with Gasteiger partial charge in [0.15, 0.2) is 0 Å². The highest BCUT2D eigenvalue weighted by Gasteiger charge is 2.08. The summed E-state index contributed by atoms with van der Waals surface area (Å²) < 4.78 is 6.24. The van der Waals surface area contributed by atoms with E-state index in [1.165, 1.54) is 6.07 Å². The van der Waals surface area contributed by atoms with Gasteiger partial charge in [0.05, 0.1) is 12.8 Å². The molecule has 1 N–H and O–H groups in total. The van der Waals surface area contributed by atoms with Gasteiger partial charge in [-0.1, -0.05) is 12.1 Å². The predicted octanol–water partition coefficient (Wildman–Crippen LogP) is 1.63. The smallest absolute Gasteiger partial charge is 0.267 e. The van der Waals surface area contributed by atoms with E-state index in [1.807, 2.05) is 30.3 Å². The topological polar surface area (TPSA) is 86.1 Å². The molecule has 0 spiro atoms. The number of aromatic nitrogens is 3. The molecule has 0 aliphatic carbocycles. The maximum Gasteiger partial charge on any atom is 0.267 e. The van der Waals surface area contributed by atoms with E-state index in [1.54, 1.807) is 31.6 Å². The molecular weight excluding hydrogens is 332 g/mol. The minimum atomic E-state index is -0.336. The fraction of sp³-hybridized carbons (Fsp3) is 0.158. The molecule has 0 aliphatic rings. The summed E-state index contributed by atoms with van der Waals surface area (Å²) in [6.07, 6.45) is 3.31. The third-order valence-electron chi connectivity index (χ3n) is 3.77. The third-order valence-corrected chi connectivity index (χ3v) is 3.77. The number of hydrogen-bond donors (Lipinski definition) is 1. The highest BCUT2D eigenvalue weighted by Crippen LogP contribution is 2.13. The Kier molecular flexibility index (Phi) is 5.38. The van der Waals surface area contributed by atoms with Crippen LogP contribution >= 0.6 is 0 Å². The maximum absolute atomic E-state index is 12.2. The Balaban J connectivity index is 1.66. The maximum atomic E-state index is 12.2. The summed E-state index contributed by atoms with van der Waals surface area (Å²) in [5.74, 6) is 0.460. The molecule has 132 valence electrons. The van der Waals surface area contributed by atoms with E-state index in [-0.39, 0.29) is 18.0 Å². The van der Waals surface area contributed by atoms with Gasteiger partial charge < -0.3 is 10.1 Å². The number of carbonyl (C=O) groups excluding carboxylic acids is 1. The molecule has 0 radical (unpaired) electrons. The van der Waals surface area contributed by atoms with Crippen LogP contribution in [0.2, 0.25) is 0 Å². The van der Waals surface area contributed by atoms with Crippen LogP contribution in [0.1, 0.15) is 5.56 Å². The first kappa shape index (κ1) is 17.3. The molecule has 26 heavy (non-hydrogen) atoms. The highest BCUT2D eigenvalue weighted by molar-refractivity contribution is 5.75. The van der Waals surface area contributed by atoms with Gasteiger partial charge in [0, 0.05) is 30.6 Å². The quantitative estimate of drug-likeness (QED) is 0.730. The number of carbonyl (C=O) groups is 1. The number of rotatable bonds is 6. The summed E-state index contributed by atoms with van der Waals surface area (Å²) in [6.45, 7) is 0.211. The second-order valence-corrected chi connectivity index (χ2v) is 5.58. The second-order valence-electron chi connectivity index (χ2n) is 5.58. The molecule has 0 saturated carbocycles.